The topological polar surface area (TPSA) is 63.2 Å². The summed E-state index contributed by atoms with van der Waals surface area (Å²) < 4.78 is 23.2. The van der Waals surface area contributed by atoms with Crippen LogP contribution in [0.1, 0.15) is 48.5 Å². The molecule has 0 bridgehead atoms. The van der Waals surface area contributed by atoms with Crippen LogP contribution in [0.15, 0.2) is 12.1 Å². The van der Waals surface area contributed by atoms with Gasteiger partial charge < -0.3 is 5.32 Å². The second-order valence-corrected chi connectivity index (χ2v) is 8.89. The molecule has 1 aliphatic carbocycles. The van der Waals surface area contributed by atoms with Gasteiger partial charge in [0.25, 0.3) is 0 Å². The van der Waals surface area contributed by atoms with E-state index in [0.29, 0.717) is 23.4 Å². The third-order valence-electron chi connectivity index (χ3n) is 4.39. The van der Waals surface area contributed by atoms with Crippen LogP contribution in [0.3, 0.4) is 0 Å². The van der Waals surface area contributed by atoms with Crippen LogP contribution >= 0.6 is 11.6 Å². The molecule has 0 spiro atoms. The maximum Gasteiger partial charge on any atom is 0.160 e. The molecule has 0 amide bonds. The summed E-state index contributed by atoms with van der Waals surface area (Å²) >= 11 is 6.10. The van der Waals surface area contributed by atoms with Crippen LogP contribution in [0.5, 0.6) is 0 Å². The summed E-state index contributed by atoms with van der Waals surface area (Å²) in [6.07, 6.45) is 4.27. The number of carbonyl (C=O) groups is 1. The zero-order valence-electron chi connectivity index (χ0n) is 13.1. The van der Waals surface area contributed by atoms with E-state index < -0.39 is 9.84 Å². The van der Waals surface area contributed by atoms with Crippen molar-refractivity contribution in [3.8, 4) is 0 Å². The molecule has 1 fully saturated rings. The number of sulfone groups is 1. The number of rotatable bonds is 4. The van der Waals surface area contributed by atoms with Crippen LogP contribution in [0.2, 0.25) is 5.02 Å². The molecule has 2 rings (SSSR count). The number of ketones is 1. The molecule has 0 radical (unpaired) electrons. The van der Waals surface area contributed by atoms with Crippen molar-refractivity contribution >= 4 is 32.9 Å². The summed E-state index contributed by atoms with van der Waals surface area (Å²) in [5.41, 5.74) is 2.38. The van der Waals surface area contributed by atoms with Crippen LogP contribution in [0.4, 0.5) is 5.69 Å². The first-order valence-corrected chi connectivity index (χ1v) is 9.78. The van der Waals surface area contributed by atoms with Gasteiger partial charge in [-0.15, -0.1) is 0 Å². The van der Waals surface area contributed by atoms with Gasteiger partial charge in [0, 0.05) is 28.6 Å². The maximum absolute atomic E-state index is 11.7. The van der Waals surface area contributed by atoms with E-state index in [4.69, 9.17) is 11.6 Å². The molecule has 0 heterocycles. The van der Waals surface area contributed by atoms with Crippen molar-refractivity contribution in [3.05, 3.63) is 28.3 Å². The largest absolute Gasteiger partial charge is 0.382 e. The van der Waals surface area contributed by atoms with E-state index in [1.165, 1.54) is 13.2 Å². The first kappa shape index (κ1) is 17.3. The van der Waals surface area contributed by atoms with Gasteiger partial charge in [0.1, 0.15) is 9.84 Å². The molecule has 1 aromatic rings. The SMILES string of the molecule is CC(=O)c1cc(Cl)cc(N[C@H]2CC[C@H](S(C)(=O)=O)CC2)c1C. The quantitative estimate of drug-likeness (QED) is 0.848. The highest BCUT2D eigenvalue weighted by Crippen LogP contribution is 2.30. The lowest BCUT2D eigenvalue weighted by Gasteiger charge is -2.29. The molecule has 1 aromatic carbocycles. The number of anilines is 1. The molecule has 22 heavy (non-hydrogen) atoms. The Morgan fingerprint density at radius 1 is 1.23 bits per heavy atom. The van der Waals surface area contributed by atoms with Crippen LogP contribution in [-0.2, 0) is 9.84 Å². The van der Waals surface area contributed by atoms with Crippen molar-refractivity contribution in [2.75, 3.05) is 11.6 Å². The Balaban J connectivity index is 2.11. The van der Waals surface area contributed by atoms with E-state index in [9.17, 15) is 13.2 Å². The van der Waals surface area contributed by atoms with Gasteiger partial charge in [0.05, 0.1) is 5.25 Å². The van der Waals surface area contributed by atoms with E-state index in [0.717, 1.165) is 24.1 Å². The Hall–Kier alpha value is -1.07. The number of hydrogen-bond donors (Lipinski definition) is 1. The Kier molecular flexibility index (Phi) is 5.17. The van der Waals surface area contributed by atoms with Crippen molar-refractivity contribution in [2.45, 2.75) is 50.8 Å². The van der Waals surface area contributed by atoms with Crippen LogP contribution in [-0.4, -0.2) is 31.7 Å². The third kappa shape index (κ3) is 4.02. The maximum atomic E-state index is 11.7. The van der Waals surface area contributed by atoms with Crippen molar-refractivity contribution in [3.63, 3.8) is 0 Å². The third-order valence-corrected chi connectivity index (χ3v) is 6.29. The molecule has 122 valence electrons. The highest BCUT2D eigenvalue weighted by atomic mass is 35.5. The minimum Gasteiger partial charge on any atom is -0.382 e. The summed E-state index contributed by atoms with van der Waals surface area (Å²) in [6, 6.07) is 3.73. The van der Waals surface area contributed by atoms with Gasteiger partial charge in [0.15, 0.2) is 5.78 Å². The molecule has 1 N–H and O–H groups in total. The average Bonchev–Trinajstić information content (AvgIpc) is 2.41. The Morgan fingerprint density at radius 2 is 1.82 bits per heavy atom. The molecule has 1 saturated carbocycles. The number of hydrogen-bond acceptors (Lipinski definition) is 4. The highest BCUT2D eigenvalue weighted by Gasteiger charge is 2.28. The number of carbonyl (C=O) groups excluding carboxylic acids is 1. The van der Waals surface area contributed by atoms with Crippen LogP contribution in [0.25, 0.3) is 0 Å². The van der Waals surface area contributed by atoms with Crippen molar-refractivity contribution < 1.29 is 13.2 Å². The molecule has 1 aliphatic rings. The predicted molar refractivity (Wildman–Crippen MR) is 90.7 cm³/mol. The lowest BCUT2D eigenvalue weighted by Crippen LogP contribution is -2.32. The lowest BCUT2D eigenvalue weighted by molar-refractivity contribution is 0.101. The van der Waals surface area contributed by atoms with Gasteiger partial charge in [-0.25, -0.2) is 8.42 Å². The van der Waals surface area contributed by atoms with Crippen molar-refractivity contribution in [2.24, 2.45) is 0 Å². The number of Topliss-reactive ketones (excluding diaryl/α,β-unsaturated/α-hetero) is 1. The number of benzene rings is 1. The Labute approximate surface area is 137 Å². The molecule has 0 unspecified atom stereocenters. The normalized spacial score (nSPS) is 22.4. The predicted octanol–water partition coefficient (Wildman–Crippen LogP) is 3.62. The van der Waals surface area contributed by atoms with E-state index in [1.807, 2.05) is 13.0 Å². The summed E-state index contributed by atoms with van der Waals surface area (Å²) in [6.45, 7) is 3.43. The minimum absolute atomic E-state index is 0.0103. The van der Waals surface area contributed by atoms with Gasteiger partial charge in [-0.3, -0.25) is 4.79 Å². The molecule has 0 aromatic heterocycles. The summed E-state index contributed by atoms with van der Waals surface area (Å²) in [5, 5.41) is 3.73. The smallest absolute Gasteiger partial charge is 0.160 e. The summed E-state index contributed by atoms with van der Waals surface area (Å²) in [5.74, 6) is -0.0103. The van der Waals surface area contributed by atoms with Gasteiger partial charge in [-0.05, 0) is 57.2 Å². The van der Waals surface area contributed by atoms with Crippen molar-refractivity contribution in [1.29, 1.82) is 0 Å². The standard InChI is InChI=1S/C16H22ClNO3S/c1-10-15(11(2)19)8-12(17)9-16(10)18-13-4-6-14(7-5-13)22(3,20)21/h8-9,13-14,18H,4-7H2,1-3H3/t13-,14-. The lowest BCUT2D eigenvalue weighted by atomic mass is 9.94. The molecule has 0 atom stereocenters. The van der Waals surface area contributed by atoms with Gasteiger partial charge in [-0.1, -0.05) is 11.6 Å². The molecule has 6 heteroatoms. The Bertz CT molecular complexity index is 677. The molecule has 0 saturated heterocycles. The van der Waals surface area contributed by atoms with E-state index >= 15 is 0 Å². The first-order chi connectivity index (χ1) is 10.2. The second-order valence-electron chi connectivity index (χ2n) is 6.13. The molecule has 4 nitrogen and oxygen atoms in total. The van der Waals surface area contributed by atoms with Crippen molar-refractivity contribution in [1.82, 2.24) is 0 Å². The van der Waals surface area contributed by atoms with E-state index in [1.54, 1.807) is 6.07 Å². The first-order valence-electron chi connectivity index (χ1n) is 7.45. The summed E-state index contributed by atoms with van der Waals surface area (Å²) in [7, 11) is -2.95. The minimum atomic E-state index is -2.95. The number of nitrogens with one attached hydrogen (secondary N) is 1. The molecular weight excluding hydrogens is 322 g/mol. The number of halogens is 1. The van der Waals surface area contributed by atoms with E-state index in [-0.39, 0.29) is 17.1 Å². The Morgan fingerprint density at radius 3 is 2.32 bits per heavy atom. The highest BCUT2D eigenvalue weighted by molar-refractivity contribution is 7.91. The molecule has 0 aliphatic heterocycles. The second kappa shape index (κ2) is 6.59. The van der Waals surface area contributed by atoms with Crippen LogP contribution in [0, 0.1) is 6.92 Å². The fourth-order valence-corrected chi connectivity index (χ4v) is 4.40. The summed E-state index contributed by atoms with van der Waals surface area (Å²) in [4.78, 5) is 11.7. The van der Waals surface area contributed by atoms with Crippen LogP contribution < -0.4 is 5.32 Å². The van der Waals surface area contributed by atoms with Gasteiger partial charge in [-0.2, -0.15) is 0 Å². The zero-order valence-corrected chi connectivity index (χ0v) is 14.7. The van der Waals surface area contributed by atoms with E-state index in [2.05, 4.69) is 5.32 Å². The van der Waals surface area contributed by atoms with Gasteiger partial charge in [0.2, 0.25) is 0 Å². The fourth-order valence-electron chi connectivity index (χ4n) is 3.05. The molecular formula is C16H22ClNO3S. The van der Waals surface area contributed by atoms with Gasteiger partial charge >= 0.3 is 0 Å². The average molecular weight is 344 g/mol. The monoisotopic (exact) mass is 343 g/mol. The fraction of sp³-hybridized carbons (Fsp3) is 0.562. The zero-order chi connectivity index (χ0) is 16.5.